The van der Waals surface area contributed by atoms with Gasteiger partial charge in [0.1, 0.15) is 16.6 Å². The van der Waals surface area contributed by atoms with E-state index in [2.05, 4.69) is 26.1 Å². The van der Waals surface area contributed by atoms with Crippen LogP contribution in [0.2, 0.25) is 5.15 Å². The second-order valence-electron chi connectivity index (χ2n) is 3.56. The largest absolute Gasteiger partial charge is 1.00 e. The highest BCUT2D eigenvalue weighted by atomic mass is 35.5. The van der Waals surface area contributed by atoms with Gasteiger partial charge in [-0.3, -0.25) is 4.79 Å². The van der Waals surface area contributed by atoms with Gasteiger partial charge in [0.15, 0.2) is 5.78 Å². The lowest BCUT2D eigenvalue weighted by atomic mass is 10.2. The molecule has 0 aromatic carbocycles. The van der Waals surface area contributed by atoms with Crippen LogP contribution in [0, 0.1) is 0 Å². The molecule has 2 N–H and O–H groups in total. The standard InChI is InChI=1S/C7H6ClNO2.C3H9N.ClH/c1-4(10)7-5(11)2-3-6(8)9-7;1-4(2)3;/h2-3,11H,1H3;1-3H3;1H. The fourth-order valence-corrected chi connectivity index (χ4v) is 0.835. The van der Waals surface area contributed by atoms with E-state index in [0.29, 0.717) is 0 Å². The van der Waals surface area contributed by atoms with Crippen LogP contribution in [0.5, 0.6) is 5.75 Å². The molecule has 1 rings (SSSR count). The molecule has 16 heavy (non-hydrogen) atoms. The normalized spacial score (nSPS) is 8.88. The van der Waals surface area contributed by atoms with Crippen LogP contribution in [0.1, 0.15) is 17.4 Å². The molecule has 0 radical (unpaired) electrons. The van der Waals surface area contributed by atoms with Crippen LogP contribution in [0.15, 0.2) is 12.1 Å². The number of rotatable bonds is 1. The van der Waals surface area contributed by atoms with E-state index >= 15 is 0 Å². The number of nitrogens with one attached hydrogen (secondary N) is 1. The monoisotopic (exact) mass is 266 g/mol. The van der Waals surface area contributed by atoms with Crippen molar-refractivity contribution >= 4 is 17.4 Å². The van der Waals surface area contributed by atoms with Gasteiger partial charge >= 0.3 is 0 Å². The number of aromatic hydroxyl groups is 1. The van der Waals surface area contributed by atoms with Gasteiger partial charge in [0.05, 0.1) is 21.1 Å². The quantitative estimate of drug-likeness (QED) is 0.434. The summed E-state index contributed by atoms with van der Waals surface area (Å²) >= 11 is 5.49. The van der Waals surface area contributed by atoms with Crippen molar-refractivity contribution < 1.29 is 27.2 Å². The van der Waals surface area contributed by atoms with Crippen LogP contribution in [0.25, 0.3) is 0 Å². The lowest BCUT2D eigenvalue weighted by molar-refractivity contribution is -0.836. The van der Waals surface area contributed by atoms with Crippen molar-refractivity contribution in [2.45, 2.75) is 6.92 Å². The Kier molecular flexibility index (Phi) is 9.14. The molecule has 4 nitrogen and oxygen atoms in total. The van der Waals surface area contributed by atoms with Crippen LogP contribution in [0.4, 0.5) is 0 Å². The van der Waals surface area contributed by atoms with Crippen LogP contribution in [-0.4, -0.2) is 37.0 Å². The fourth-order valence-electron chi connectivity index (χ4n) is 0.687. The Morgan fingerprint density at radius 2 is 1.81 bits per heavy atom. The Morgan fingerprint density at radius 3 is 2.12 bits per heavy atom. The number of halogens is 2. The first-order valence-corrected chi connectivity index (χ1v) is 4.85. The van der Waals surface area contributed by atoms with Crippen molar-refractivity contribution in [3.8, 4) is 5.75 Å². The summed E-state index contributed by atoms with van der Waals surface area (Å²) in [7, 11) is 6.25. The van der Waals surface area contributed by atoms with Gasteiger partial charge in [0, 0.05) is 6.92 Å². The summed E-state index contributed by atoms with van der Waals surface area (Å²) in [5, 5.41) is 9.27. The zero-order chi connectivity index (χ0) is 12.0. The van der Waals surface area contributed by atoms with E-state index in [1.54, 1.807) is 0 Å². The first kappa shape index (κ1) is 17.6. The lowest BCUT2D eigenvalue weighted by Gasteiger charge is -1.97. The van der Waals surface area contributed by atoms with E-state index in [0.717, 1.165) is 0 Å². The number of nitrogens with zero attached hydrogens (tertiary/aromatic N) is 1. The molecular weight excluding hydrogens is 251 g/mol. The van der Waals surface area contributed by atoms with Crippen LogP contribution in [-0.2, 0) is 0 Å². The average Bonchev–Trinajstić information content (AvgIpc) is 2.08. The molecular formula is C10H16Cl2N2O2. The van der Waals surface area contributed by atoms with Crippen LogP contribution < -0.4 is 17.3 Å². The van der Waals surface area contributed by atoms with Gasteiger partial charge < -0.3 is 22.4 Å². The summed E-state index contributed by atoms with van der Waals surface area (Å²) in [6.45, 7) is 1.32. The van der Waals surface area contributed by atoms with E-state index in [1.165, 1.54) is 24.0 Å². The highest BCUT2D eigenvalue weighted by Gasteiger charge is 2.07. The van der Waals surface area contributed by atoms with Gasteiger partial charge in [-0.05, 0) is 12.1 Å². The number of hydrogen-bond donors (Lipinski definition) is 2. The number of pyridine rings is 1. The molecule has 0 fully saturated rings. The summed E-state index contributed by atoms with van der Waals surface area (Å²) < 4.78 is 0. The predicted molar refractivity (Wildman–Crippen MR) is 59.7 cm³/mol. The average molecular weight is 267 g/mol. The zero-order valence-electron chi connectivity index (χ0n) is 9.71. The summed E-state index contributed by atoms with van der Waals surface area (Å²) in [6.07, 6.45) is 0. The lowest BCUT2D eigenvalue weighted by Crippen LogP contribution is -3.02. The number of Topliss-reactive ketones (excluding diaryl/α,β-unsaturated/α-hetero) is 1. The Morgan fingerprint density at radius 1 is 1.38 bits per heavy atom. The number of hydrogen-bond acceptors (Lipinski definition) is 3. The molecule has 0 spiro atoms. The van der Waals surface area contributed by atoms with E-state index in [4.69, 9.17) is 16.7 Å². The van der Waals surface area contributed by atoms with Crippen molar-refractivity contribution in [3.05, 3.63) is 23.0 Å². The number of ketones is 1. The van der Waals surface area contributed by atoms with Gasteiger partial charge in [-0.15, -0.1) is 0 Å². The Labute approximate surface area is 107 Å². The summed E-state index contributed by atoms with van der Waals surface area (Å²) in [5.41, 5.74) is 0.0116. The summed E-state index contributed by atoms with van der Waals surface area (Å²) in [4.78, 5) is 15.8. The fraction of sp³-hybridized carbons (Fsp3) is 0.400. The van der Waals surface area contributed by atoms with E-state index in [-0.39, 0.29) is 34.8 Å². The Bertz CT molecular complexity index is 341. The maximum Gasteiger partial charge on any atom is 0.181 e. The molecule has 0 aliphatic rings. The van der Waals surface area contributed by atoms with Gasteiger partial charge in [-0.1, -0.05) is 11.6 Å². The highest BCUT2D eigenvalue weighted by Crippen LogP contribution is 2.17. The van der Waals surface area contributed by atoms with Gasteiger partial charge in [-0.2, -0.15) is 0 Å². The molecule has 0 aliphatic heterocycles. The van der Waals surface area contributed by atoms with Crippen molar-refractivity contribution in [1.82, 2.24) is 4.98 Å². The zero-order valence-corrected chi connectivity index (χ0v) is 11.2. The minimum absolute atomic E-state index is 0. The number of carbonyl (C=O) groups is 1. The number of quaternary nitrogens is 1. The maximum atomic E-state index is 10.7. The molecule has 0 bridgehead atoms. The van der Waals surface area contributed by atoms with E-state index in [9.17, 15) is 4.79 Å². The molecule has 1 aromatic rings. The second-order valence-corrected chi connectivity index (χ2v) is 3.95. The van der Waals surface area contributed by atoms with Crippen molar-refractivity contribution in [2.75, 3.05) is 21.1 Å². The SMILES string of the molecule is CC(=O)c1nc(Cl)ccc1O.C[NH+](C)C.[Cl-]. The third-order valence-corrected chi connectivity index (χ3v) is 1.38. The maximum absolute atomic E-state index is 10.7. The summed E-state index contributed by atoms with van der Waals surface area (Å²) in [6, 6.07) is 2.76. The van der Waals surface area contributed by atoms with Crippen molar-refractivity contribution in [2.24, 2.45) is 0 Å². The topological polar surface area (TPSA) is 54.6 Å². The minimum Gasteiger partial charge on any atom is -1.00 e. The van der Waals surface area contributed by atoms with Crippen LogP contribution >= 0.6 is 11.6 Å². The van der Waals surface area contributed by atoms with Gasteiger partial charge in [0.2, 0.25) is 0 Å². The Hall–Kier alpha value is -0.840. The van der Waals surface area contributed by atoms with Gasteiger partial charge in [0.25, 0.3) is 0 Å². The molecule has 0 unspecified atom stereocenters. The third-order valence-electron chi connectivity index (χ3n) is 1.17. The van der Waals surface area contributed by atoms with Gasteiger partial charge in [-0.25, -0.2) is 4.98 Å². The molecule has 0 saturated heterocycles. The molecule has 92 valence electrons. The predicted octanol–water partition coefficient (Wildman–Crippen LogP) is -2.59. The smallest absolute Gasteiger partial charge is 0.181 e. The molecule has 0 atom stereocenters. The van der Waals surface area contributed by atoms with Crippen molar-refractivity contribution in [1.29, 1.82) is 0 Å². The molecule has 0 saturated carbocycles. The minimum atomic E-state index is -0.301. The first-order valence-electron chi connectivity index (χ1n) is 4.47. The second kappa shape index (κ2) is 8.33. The number of carbonyl (C=O) groups excluding carboxylic acids is 1. The molecule has 0 amide bonds. The van der Waals surface area contributed by atoms with Crippen molar-refractivity contribution in [3.63, 3.8) is 0 Å². The third kappa shape index (κ3) is 7.45. The molecule has 6 heteroatoms. The Balaban J connectivity index is 0. The van der Waals surface area contributed by atoms with E-state index in [1.807, 2.05) is 0 Å². The van der Waals surface area contributed by atoms with E-state index < -0.39 is 0 Å². The highest BCUT2D eigenvalue weighted by molar-refractivity contribution is 6.29. The molecule has 0 aliphatic carbocycles. The number of aromatic nitrogens is 1. The van der Waals surface area contributed by atoms with Crippen LogP contribution in [0.3, 0.4) is 0 Å². The molecule has 1 heterocycles. The summed E-state index contributed by atoms with van der Waals surface area (Å²) in [5.74, 6) is -0.438. The first-order chi connectivity index (χ1) is 6.84. The molecule has 1 aromatic heterocycles.